The van der Waals surface area contributed by atoms with Crippen molar-refractivity contribution in [2.45, 2.75) is 5.41 Å². The Labute approximate surface area is 326 Å². The van der Waals surface area contributed by atoms with Crippen molar-refractivity contribution in [1.82, 2.24) is 0 Å². The largest absolute Gasteiger partial charge is 0.456 e. The second kappa shape index (κ2) is 10.8. The number of ether oxygens (including phenoxy) is 1. The van der Waals surface area contributed by atoms with Crippen LogP contribution in [0.1, 0.15) is 22.3 Å². The molecule has 0 fully saturated rings. The third kappa shape index (κ3) is 3.53. The predicted molar refractivity (Wildman–Crippen MR) is 232 cm³/mol. The van der Waals surface area contributed by atoms with Crippen molar-refractivity contribution < 1.29 is 4.74 Å². The van der Waals surface area contributed by atoms with Crippen LogP contribution in [-0.4, -0.2) is 8.07 Å². The number of benzene rings is 9. The summed E-state index contributed by atoms with van der Waals surface area (Å²) in [5, 5.41) is 8.24. The molecule has 0 bridgehead atoms. The average Bonchev–Trinajstić information content (AvgIpc) is 3.73. The van der Waals surface area contributed by atoms with Crippen molar-refractivity contribution in [3.8, 4) is 33.8 Å². The van der Waals surface area contributed by atoms with E-state index in [2.05, 4.69) is 205 Å². The molecule has 0 aromatic heterocycles. The first-order chi connectivity index (χ1) is 27.8. The minimum absolute atomic E-state index is 0.607. The molecule has 9 aromatic rings. The Balaban J connectivity index is 1.11. The molecular weight excluding hydrogens is 695 g/mol. The summed E-state index contributed by atoms with van der Waals surface area (Å²) < 4.78 is 6.94. The van der Waals surface area contributed by atoms with E-state index in [9.17, 15) is 0 Å². The zero-order valence-electron chi connectivity index (χ0n) is 30.4. The molecule has 0 amide bonds. The summed E-state index contributed by atoms with van der Waals surface area (Å²) in [6, 6.07) is 74.9. The van der Waals surface area contributed by atoms with Crippen LogP contribution < -0.4 is 30.4 Å². The lowest BCUT2D eigenvalue weighted by molar-refractivity contribution is 0.439. The normalized spacial score (nSPS) is 15.2. The molecule has 4 aliphatic rings. The first-order valence-corrected chi connectivity index (χ1v) is 21.5. The summed E-state index contributed by atoms with van der Waals surface area (Å²) in [6.45, 7) is 0. The minimum atomic E-state index is -2.63. The van der Waals surface area contributed by atoms with Crippen LogP contribution in [-0.2, 0) is 5.41 Å². The maximum Gasteiger partial charge on any atom is 0.182 e. The number of nitrogens with zero attached hydrogens (tertiary/aromatic N) is 1. The molecule has 4 aliphatic heterocycles. The monoisotopic (exact) mass is 727 g/mol. The van der Waals surface area contributed by atoms with Crippen molar-refractivity contribution >= 4 is 56.7 Å². The van der Waals surface area contributed by atoms with E-state index in [4.69, 9.17) is 4.74 Å². The fraction of sp³-hybridized carbons (Fsp3) is 0.0189. The molecule has 56 heavy (non-hydrogen) atoms. The number of anilines is 3. The van der Waals surface area contributed by atoms with Crippen LogP contribution in [0, 0.1) is 0 Å². The molecule has 9 aromatic carbocycles. The summed E-state index contributed by atoms with van der Waals surface area (Å²) >= 11 is 0. The SMILES string of the molecule is c1ccc2c(c1)Oc1c(ccc3ccccc13)C21c2ccccc2N(c2ccc3c(c2)[Si]2(c4ccccc4-c4ccccc42)c2ccccc2-3)c2ccccc21. The molecular formula is C53H33NOSi. The third-order valence-electron chi connectivity index (χ3n) is 13.1. The molecule has 0 unspecified atom stereocenters. The standard InChI is InChI=1S/C53H33NOSi/c1-2-16-36-34(15-1)29-32-44-52(36)55-47-25-11-8-22-43(47)53(44)41-20-6-9-23-45(41)54(46-24-10-7-21-42(46)53)35-30-31-40-39-19-5-14-28-50(39)56(51(40)33-35)48-26-12-3-17-37(48)38-18-4-13-27-49(38)56/h1-33H. The Morgan fingerprint density at radius 3 is 1.57 bits per heavy atom. The van der Waals surface area contributed by atoms with Gasteiger partial charge in [0.1, 0.15) is 11.5 Å². The molecule has 4 heterocycles. The van der Waals surface area contributed by atoms with E-state index in [-0.39, 0.29) is 0 Å². The van der Waals surface area contributed by atoms with Gasteiger partial charge in [0.2, 0.25) is 0 Å². The van der Waals surface area contributed by atoms with Crippen molar-refractivity contribution in [3.05, 3.63) is 222 Å². The quantitative estimate of drug-likeness (QED) is 0.156. The number of hydrogen-bond donors (Lipinski definition) is 0. The molecule has 3 heteroatoms. The van der Waals surface area contributed by atoms with E-state index in [1.807, 2.05) is 0 Å². The molecule has 260 valence electrons. The Bertz CT molecular complexity index is 3050. The van der Waals surface area contributed by atoms with Gasteiger partial charge in [0.15, 0.2) is 8.07 Å². The third-order valence-corrected chi connectivity index (χ3v) is 18.1. The van der Waals surface area contributed by atoms with Crippen LogP contribution in [0.2, 0.25) is 0 Å². The highest BCUT2D eigenvalue weighted by Gasteiger charge is 2.55. The van der Waals surface area contributed by atoms with Crippen molar-refractivity contribution in [2.24, 2.45) is 0 Å². The Morgan fingerprint density at radius 1 is 0.393 bits per heavy atom. The first-order valence-electron chi connectivity index (χ1n) is 19.5. The van der Waals surface area contributed by atoms with Crippen molar-refractivity contribution in [1.29, 1.82) is 0 Å². The van der Waals surface area contributed by atoms with Gasteiger partial charge < -0.3 is 9.64 Å². The zero-order valence-corrected chi connectivity index (χ0v) is 31.4. The van der Waals surface area contributed by atoms with Crippen LogP contribution >= 0.6 is 0 Å². The van der Waals surface area contributed by atoms with Gasteiger partial charge in [-0.15, -0.1) is 0 Å². The smallest absolute Gasteiger partial charge is 0.182 e. The fourth-order valence-corrected chi connectivity index (χ4v) is 16.7. The molecule has 0 radical (unpaired) electrons. The maximum absolute atomic E-state index is 6.94. The first kappa shape index (κ1) is 30.4. The van der Waals surface area contributed by atoms with E-state index >= 15 is 0 Å². The van der Waals surface area contributed by atoms with Crippen LogP contribution in [0.3, 0.4) is 0 Å². The molecule has 0 N–H and O–H groups in total. The molecule has 0 atom stereocenters. The predicted octanol–water partition coefficient (Wildman–Crippen LogP) is 10.4. The zero-order chi connectivity index (χ0) is 36.6. The minimum Gasteiger partial charge on any atom is -0.456 e. The van der Waals surface area contributed by atoms with Crippen LogP contribution in [0.5, 0.6) is 11.5 Å². The molecule has 2 spiro atoms. The van der Waals surface area contributed by atoms with Gasteiger partial charge in [0, 0.05) is 22.2 Å². The number of rotatable bonds is 1. The van der Waals surface area contributed by atoms with Gasteiger partial charge in [0.05, 0.1) is 16.8 Å². The summed E-state index contributed by atoms with van der Waals surface area (Å²) in [7, 11) is -2.63. The average molecular weight is 728 g/mol. The van der Waals surface area contributed by atoms with E-state index in [1.165, 1.54) is 82.1 Å². The summed E-state index contributed by atoms with van der Waals surface area (Å²) in [5.74, 6) is 1.83. The number of hydrogen-bond acceptors (Lipinski definition) is 2. The van der Waals surface area contributed by atoms with E-state index < -0.39 is 13.5 Å². The fourth-order valence-electron chi connectivity index (χ4n) is 11.1. The summed E-state index contributed by atoms with van der Waals surface area (Å²) in [5.41, 5.74) is 13.2. The van der Waals surface area contributed by atoms with Gasteiger partial charge in [-0.3, -0.25) is 0 Å². The summed E-state index contributed by atoms with van der Waals surface area (Å²) in [4.78, 5) is 2.53. The molecule has 0 saturated carbocycles. The van der Waals surface area contributed by atoms with Gasteiger partial charge in [0.25, 0.3) is 0 Å². The Morgan fingerprint density at radius 2 is 0.911 bits per heavy atom. The lowest BCUT2D eigenvalue weighted by Crippen LogP contribution is -2.70. The van der Waals surface area contributed by atoms with E-state index in [0.717, 1.165) is 22.4 Å². The highest BCUT2D eigenvalue weighted by atomic mass is 28.3. The van der Waals surface area contributed by atoms with Crippen molar-refractivity contribution in [3.63, 3.8) is 0 Å². The molecule has 2 nitrogen and oxygen atoms in total. The van der Waals surface area contributed by atoms with Crippen LogP contribution in [0.15, 0.2) is 200 Å². The maximum atomic E-state index is 6.94. The van der Waals surface area contributed by atoms with Gasteiger partial charge in [-0.1, -0.05) is 170 Å². The van der Waals surface area contributed by atoms with Gasteiger partial charge in [-0.2, -0.15) is 0 Å². The van der Waals surface area contributed by atoms with Crippen molar-refractivity contribution in [2.75, 3.05) is 4.90 Å². The number of fused-ring (bicyclic) bond motifs is 20. The number of para-hydroxylation sites is 3. The Kier molecular flexibility index (Phi) is 5.89. The van der Waals surface area contributed by atoms with Gasteiger partial charge in [-0.25, -0.2) is 0 Å². The molecule has 0 aliphatic carbocycles. The van der Waals surface area contributed by atoms with Gasteiger partial charge >= 0.3 is 0 Å². The topological polar surface area (TPSA) is 12.5 Å². The highest BCUT2D eigenvalue weighted by molar-refractivity contribution is 7.24. The highest BCUT2D eigenvalue weighted by Crippen LogP contribution is 2.63. The van der Waals surface area contributed by atoms with E-state index in [1.54, 1.807) is 0 Å². The van der Waals surface area contributed by atoms with Crippen LogP contribution in [0.4, 0.5) is 17.1 Å². The van der Waals surface area contributed by atoms with Gasteiger partial charge in [-0.05, 0) is 89.8 Å². The molecule has 13 rings (SSSR count). The van der Waals surface area contributed by atoms with Crippen LogP contribution in [0.25, 0.3) is 33.0 Å². The lowest BCUT2D eigenvalue weighted by Gasteiger charge is -2.48. The Hall–Kier alpha value is -6.94. The second-order valence-electron chi connectivity index (χ2n) is 15.5. The van der Waals surface area contributed by atoms with E-state index in [0.29, 0.717) is 0 Å². The molecule has 0 saturated heterocycles. The second-order valence-corrected chi connectivity index (χ2v) is 19.2. The summed E-state index contributed by atoms with van der Waals surface area (Å²) in [6.07, 6.45) is 0. The lowest BCUT2D eigenvalue weighted by atomic mass is 9.61.